The molecule has 0 fully saturated rings. The molecule has 0 aliphatic heterocycles. The predicted octanol–water partition coefficient (Wildman–Crippen LogP) is 0.886. The van der Waals surface area contributed by atoms with E-state index in [1.54, 1.807) is 25.4 Å². The van der Waals surface area contributed by atoms with E-state index in [1.165, 1.54) is 4.68 Å². The van der Waals surface area contributed by atoms with Crippen LogP contribution in [0.25, 0.3) is 5.69 Å². The molecule has 8 heteroatoms. The monoisotopic (exact) mass is 323 g/mol. The molecule has 0 atom stereocenters. The summed E-state index contributed by atoms with van der Waals surface area (Å²) in [6.45, 7) is 2.55. The summed E-state index contributed by atoms with van der Waals surface area (Å²) >= 11 is 6.08. The second-order valence-electron chi connectivity index (χ2n) is 4.50. The summed E-state index contributed by atoms with van der Waals surface area (Å²) < 4.78 is 6.39. The van der Waals surface area contributed by atoms with Crippen LogP contribution in [0.15, 0.2) is 30.5 Å². The molecule has 2 N–H and O–H groups in total. The number of nitrogens with one attached hydrogen (secondary N) is 2. The fraction of sp³-hybridized carbons (Fsp3) is 0.357. The first kappa shape index (κ1) is 16.4. The highest BCUT2D eigenvalue weighted by Crippen LogP contribution is 2.18. The minimum Gasteiger partial charge on any atom is -0.383 e. The van der Waals surface area contributed by atoms with Crippen molar-refractivity contribution >= 4 is 17.5 Å². The molecule has 1 aromatic carbocycles. The van der Waals surface area contributed by atoms with Crippen LogP contribution in [-0.4, -0.2) is 54.3 Å². The molecule has 0 aliphatic rings. The van der Waals surface area contributed by atoms with Crippen molar-refractivity contribution < 1.29 is 9.53 Å². The number of aromatic nitrogens is 3. The number of amides is 1. The largest absolute Gasteiger partial charge is 0.383 e. The number of carbonyl (C=O) groups is 1. The Balaban J connectivity index is 1.86. The van der Waals surface area contributed by atoms with Crippen molar-refractivity contribution in [2.75, 3.05) is 33.4 Å². The molecule has 0 saturated heterocycles. The van der Waals surface area contributed by atoms with Gasteiger partial charge in [0.2, 0.25) is 0 Å². The molecule has 0 saturated carbocycles. The molecular formula is C14H18ClN5O2. The van der Waals surface area contributed by atoms with Crippen LogP contribution in [0.2, 0.25) is 5.02 Å². The maximum atomic E-state index is 12.0. The topological polar surface area (TPSA) is 81.1 Å². The lowest BCUT2D eigenvalue weighted by Crippen LogP contribution is -2.33. The molecule has 22 heavy (non-hydrogen) atoms. The zero-order valence-corrected chi connectivity index (χ0v) is 13.0. The third-order valence-electron chi connectivity index (χ3n) is 2.90. The SMILES string of the molecule is COCCNCCNC(=O)c1cn(-c2ccccc2Cl)nn1. The first-order chi connectivity index (χ1) is 10.7. The number of benzene rings is 1. The maximum Gasteiger partial charge on any atom is 0.273 e. The van der Waals surface area contributed by atoms with Crippen LogP contribution in [0, 0.1) is 0 Å². The molecule has 1 heterocycles. The van der Waals surface area contributed by atoms with E-state index >= 15 is 0 Å². The van der Waals surface area contributed by atoms with Crippen LogP contribution in [-0.2, 0) is 4.74 Å². The molecule has 7 nitrogen and oxygen atoms in total. The summed E-state index contributed by atoms with van der Waals surface area (Å²) in [7, 11) is 1.64. The lowest BCUT2D eigenvalue weighted by molar-refractivity contribution is 0.0948. The highest BCUT2D eigenvalue weighted by molar-refractivity contribution is 6.32. The number of rotatable bonds is 8. The molecule has 1 aromatic heterocycles. The second-order valence-corrected chi connectivity index (χ2v) is 4.91. The summed E-state index contributed by atoms with van der Waals surface area (Å²) in [5.74, 6) is -0.271. The Morgan fingerprint density at radius 1 is 1.32 bits per heavy atom. The van der Waals surface area contributed by atoms with Crippen LogP contribution in [0.4, 0.5) is 0 Å². The van der Waals surface area contributed by atoms with Crippen LogP contribution >= 0.6 is 11.6 Å². The smallest absolute Gasteiger partial charge is 0.273 e. The first-order valence-electron chi connectivity index (χ1n) is 6.87. The molecule has 118 valence electrons. The lowest BCUT2D eigenvalue weighted by atomic mass is 10.3. The number of para-hydroxylation sites is 1. The predicted molar refractivity (Wildman–Crippen MR) is 83.4 cm³/mol. The molecule has 1 amide bonds. The van der Waals surface area contributed by atoms with Gasteiger partial charge >= 0.3 is 0 Å². The Labute approximate surface area is 133 Å². The molecule has 0 spiro atoms. The molecule has 2 rings (SSSR count). The van der Waals surface area contributed by atoms with Gasteiger partial charge in [-0.05, 0) is 12.1 Å². The standard InChI is InChI=1S/C14H18ClN5O2/c1-22-9-8-16-6-7-17-14(21)12-10-20(19-18-12)13-5-3-2-4-11(13)15/h2-5,10,16H,6-9H2,1H3,(H,17,21). The number of hydrogen-bond donors (Lipinski definition) is 2. The van der Waals surface area contributed by atoms with Crippen LogP contribution in [0.3, 0.4) is 0 Å². The summed E-state index contributed by atoms with van der Waals surface area (Å²) in [4.78, 5) is 12.0. The quantitative estimate of drug-likeness (QED) is 0.705. The second kappa shape index (κ2) is 8.47. The maximum absolute atomic E-state index is 12.0. The van der Waals surface area contributed by atoms with E-state index in [2.05, 4.69) is 20.9 Å². The van der Waals surface area contributed by atoms with Crippen LogP contribution in [0.1, 0.15) is 10.5 Å². The van der Waals surface area contributed by atoms with Gasteiger partial charge in [-0.2, -0.15) is 0 Å². The lowest BCUT2D eigenvalue weighted by Gasteiger charge is -2.04. The highest BCUT2D eigenvalue weighted by atomic mass is 35.5. The van der Waals surface area contributed by atoms with Gasteiger partial charge in [0.1, 0.15) is 0 Å². The molecule has 0 radical (unpaired) electrons. The summed E-state index contributed by atoms with van der Waals surface area (Å²) in [6, 6.07) is 7.23. The Hall–Kier alpha value is -1.96. The van der Waals surface area contributed by atoms with Gasteiger partial charge in [0.25, 0.3) is 5.91 Å². The van der Waals surface area contributed by atoms with E-state index < -0.39 is 0 Å². The van der Waals surface area contributed by atoms with Crippen molar-refractivity contribution in [3.8, 4) is 5.69 Å². The van der Waals surface area contributed by atoms with Crippen molar-refractivity contribution in [2.24, 2.45) is 0 Å². The third-order valence-corrected chi connectivity index (χ3v) is 3.22. The Morgan fingerprint density at radius 3 is 2.91 bits per heavy atom. The normalized spacial score (nSPS) is 10.6. The fourth-order valence-electron chi connectivity index (χ4n) is 1.78. The number of hydrogen-bond acceptors (Lipinski definition) is 5. The van der Waals surface area contributed by atoms with Crippen molar-refractivity contribution in [2.45, 2.75) is 0 Å². The Morgan fingerprint density at radius 2 is 2.14 bits per heavy atom. The van der Waals surface area contributed by atoms with Gasteiger partial charge in [0.05, 0.1) is 23.5 Å². The zero-order valence-electron chi connectivity index (χ0n) is 12.3. The first-order valence-corrected chi connectivity index (χ1v) is 7.25. The Kier molecular flexibility index (Phi) is 6.32. The van der Waals surface area contributed by atoms with Crippen molar-refractivity contribution in [1.82, 2.24) is 25.6 Å². The van der Waals surface area contributed by atoms with Crippen molar-refractivity contribution in [1.29, 1.82) is 0 Å². The molecule has 0 bridgehead atoms. The van der Waals surface area contributed by atoms with Gasteiger partial charge in [-0.3, -0.25) is 4.79 Å². The Bertz CT molecular complexity index is 617. The van der Waals surface area contributed by atoms with Gasteiger partial charge in [-0.1, -0.05) is 28.9 Å². The van der Waals surface area contributed by atoms with E-state index in [4.69, 9.17) is 16.3 Å². The van der Waals surface area contributed by atoms with Gasteiger partial charge < -0.3 is 15.4 Å². The molecule has 0 aliphatic carbocycles. The number of halogens is 1. The summed E-state index contributed by atoms with van der Waals surface area (Å²) in [5, 5.41) is 14.2. The van der Waals surface area contributed by atoms with E-state index in [9.17, 15) is 4.79 Å². The van der Waals surface area contributed by atoms with Gasteiger partial charge in [-0.25, -0.2) is 4.68 Å². The van der Waals surface area contributed by atoms with Crippen molar-refractivity contribution in [3.63, 3.8) is 0 Å². The van der Waals surface area contributed by atoms with E-state index in [0.29, 0.717) is 30.4 Å². The van der Waals surface area contributed by atoms with Gasteiger partial charge in [0, 0.05) is 26.7 Å². The van der Waals surface area contributed by atoms with Crippen molar-refractivity contribution in [3.05, 3.63) is 41.2 Å². The number of ether oxygens (including phenoxy) is 1. The third kappa shape index (κ3) is 4.52. The summed E-state index contributed by atoms with van der Waals surface area (Å²) in [5.41, 5.74) is 0.925. The minimum absolute atomic E-state index is 0.247. The summed E-state index contributed by atoms with van der Waals surface area (Å²) in [6.07, 6.45) is 1.55. The van der Waals surface area contributed by atoms with Gasteiger partial charge in [-0.15, -0.1) is 5.10 Å². The highest BCUT2D eigenvalue weighted by Gasteiger charge is 2.12. The molecule has 2 aromatic rings. The average molecular weight is 324 g/mol. The van der Waals surface area contributed by atoms with Crippen LogP contribution in [0.5, 0.6) is 0 Å². The molecule has 0 unspecified atom stereocenters. The number of carbonyl (C=O) groups excluding carboxylic acids is 1. The minimum atomic E-state index is -0.271. The number of methoxy groups -OCH3 is 1. The number of nitrogens with zero attached hydrogens (tertiary/aromatic N) is 3. The van der Waals surface area contributed by atoms with Crippen LogP contribution < -0.4 is 10.6 Å². The average Bonchev–Trinajstić information content (AvgIpc) is 3.01. The molecular weight excluding hydrogens is 306 g/mol. The fourth-order valence-corrected chi connectivity index (χ4v) is 2.00. The van der Waals surface area contributed by atoms with E-state index in [0.717, 1.165) is 6.54 Å². The zero-order chi connectivity index (χ0) is 15.8. The van der Waals surface area contributed by atoms with Gasteiger partial charge in [0.15, 0.2) is 5.69 Å². The van der Waals surface area contributed by atoms with E-state index in [-0.39, 0.29) is 11.6 Å². The van der Waals surface area contributed by atoms with E-state index in [1.807, 2.05) is 12.1 Å².